The summed E-state index contributed by atoms with van der Waals surface area (Å²) in [6.45, 7) is 0. The van der Waals surface area contributed by atoms with E-state index in [0.717, 1.165) is 26.9 Å². The highest BCUT2D eigenvalue weighted by molar-refractivity contribution is 9.10. The van der Waals surface area contributed by atoms with E-state index in [2.05, 4.69) is 41.2 Å². The highest BCUT2D eigenvalue weighted by Crippen LogP contribution is 2.24. The number of rotatable bonds is 2. The Bertz CT molecular complexity index is 744. The monoisotopic (exact) mass is 315 g/mol. The first-order chi connectivity index (χ1) is 9.28. The molecule has 0 aliphatic heterocycles. The van der Waals surface area contributed by atoms with Gasteiger partial charge in [0.05, 0.1) is 15.5 Å². The van der Waals surface area contributed by atoms with Crippen molar-refractivity contribution >= 4 is 32.8 Å². The quantitative estimate of drug-likeness (QED) is 0.787. The summed E-state index contributed by atoms with van der Waals surface area (Å²) in [6, 6.07) is 5.80. The minimum absolute atomic E-state index is 0.653. The predicted octanol–water partition coefficient (Wildman–Crippen LogP) is 2.89. The lowest BCUT2D eigenvalue weighted by Gasteiger charge is -2.06. The van der Waals surface area contributed by atoms with Crippen LogP contribution in [-0.4, -0.2) is 27.0 Å². The molecule has 3 aromatic rings. The average molecular weight is 316 g/mol. The normalized spacial score (nSPS) is 10.6. The van der Waals surface area contributed by atoms with Crippen LogP contribution in [0.15, 0.2) is 41.3 Å². The van der Waals surface area contributed by atoms with Crippen LogP contribution in [0.5, 0.6) is 0 Å². The molecule has 2 aromatic heterocycles. The van der Waals surface area contributed by atoms with Gasteiger partial charge in [0.1, 0.15) is 5.82 Å². The molecule has 0 aliphatic carbocycles. The number of fused-ring (bicyclic) bond motifs is 1. The van der Waals surface area contributed by atoms with Gasteiger partial charge in [0.2, 0.25) is 0 Å². The van der Waals surface area contributed by atoms with Gasteiger partial charge >= 0.3 is 0 Å². The number of aromatic nitrogens is 4. The largest absolute Gasteiger partial charge is 0.372 e. The summed E-state index contributed by atoms with van der Waals surface area (Å²) in [4.78, 5) is 17.3. The number of nitrogens with one attached hydrogen (secondary N) is 1. The van der Waals surface area contributed by atoms with Crippen LogP contribution < -0.4 is 5.32 Å². The zero-order valence-corrected chi connectivity index (χ0v) is 11.7. The zero-order chi connectivity index (χ0) is 13.2. The summed E-state index contributed by atoms with van der Waals surface area (Å²) in [5.74, 6) is 1.41. The minimum Gasteiger partial charge on any atom is -0.372 e. The van der Waals surface area contributed by atoms with Gasteiger partial charge in [-0.3, -0.25) is 9.97 Å². The number of nitrogens with zero attached hydrogens (tertiary/aromatic N) is 4. The van der Waals surface area contributed by atoms with Crippen LogP contribution in [-0.2, 0) is 0 Å². The molecule has 6 heteroatoms. The molecule has 0 amide bonds. The Hall–Kier alpha value is -2.08. The Labute approximate surface area is 118 Å². The minimum atomic E-state index is 0.653. The van der Waals surface area contributed by atoms with Gasteiger partial charge < -0.3 is 5.32 Å². The Morgan fingerprint density at radius 2 is 1.84 bits per heavy atom. The highest BCUT2D eigenvalue weighted by atomic mass is 79.9. The summed E-state index contributed by atoms with van der Waals surface area (Å²) in [7, 11) is 1.82. The molecule has 2 heterocycles. The molecule has 0 unspecified atom stereocenters. The fourth-order valence-corrected chi connectivity index (χ4v) is 2.17. The van der Waals surface area contributed by atoms with Gasteiger partial charge in [-0.2, -0.15) is 0 Å². The first kappa shape index (κ1) is 12.0. The van der Waals surface area contributed by atoms with E-state index in [4.69, 9.17) is 0 Å². The molecule has 0 saturated carbocycles. The highest BCUT2D eigenvalue weighted by Gasteiger charge is 2.07. The molecular weight excluding hydrogens is 306 g/mol. The molecule has 0 spiro atoms. The van der Waals surface area contributed by atoms with Crippen molar-refractivity contribution in [1.29, 1.82) is 0 Å². The number of benzene rings is 1. The van der Waals surface area contributed by atoms with Gasteiger partial charge in [-0.1, -0.05) is 0 Å². The molecule has 0 atom stereocenters. The zero-order valence-electron chi connectivity index (χ0n) is 10.1. The third-order valence-electron chi connectivity index (χ3n) is 2.71. The van der Waals surface area contributed by atoms with Gasteiger partial charge in [-0.15, -0.1) is 0 Å². The maximum absolute atomic E-state index is 4.45. The average Bonchev–Trinajstić information content (AvgIpc) is 2.47. The number of hydrogen-bond acceptors (Lipinski definition) is 5. The number of anilines is 1. The first-order valence-corrected chi connectivity index (χ1v) is 6.48. The van der Waals surface area contributed by atoms with Crippen LogP contribution >= 0.6 is 15.9 Å². The van der Waals surface area contributed by atoms with Crippen molar-refractivity contribution in [2.75, 3.05) is 12.4 Å². The molecule has 19 heavy (non-hydrogen) atoms. The van der Waals surface area contributed by atoms with Gasteiger partial charge in [0.25, 0.3) is 0 Å². The van der Waals surface area contributed by atoms with E-state index in [1.54, 1.807) is 18.6 Å². The van der Waals surface area contributed by atoms with Crippen molar-refractivity contribution in [2.45, 2.75) is 0 Å². The third kappa shape index (κ3) is 2.26. The summed E-state index contributed by atoms with van der Waals surface area (Å²) < 4.78 is 0.833. The van der Waals surface area contributed by atoms with E-state index in [1.165, 1.54) is 0 Å². The Balaban J connectivity index is 2.13. The number of hydrogen-bond donors (Lipinski definition) is 1. The molecule has 1 N–H and O–H groups in total. The standard InChI is InChI=1S/C13H10BrN5/c1-15-13-9(14)7-18-12(19-13)8-2-3-10-11(6-8)17-5-4-16-10/h2-7H,1H3,(H,15,18,19). The van der Waals surface area contributed by atoms with Crippen molar-refractivity contribution in [3.63, 3.8) is 0 Å². The van der Waals surface area contributed by atoms with Crippen LogP contribution in [0.3, 0.4) is 0 Å². The van der Waals surface area contributed by atoms with Gasteiger partial charge in [0, 0.05) is 31.2 Å². The lowest BCUT2D eigenvalue weighted by atomic mass is 10.2. The second-order valence-electron chi connectivity index (χ2n) is 3.90. The van der Waals surface area contributed by atoms with Crippen LogP contribution in [0, 0.1) is 0 Å². The fraction of sp³-hybridized carbons (Fsp3) is 0.0769. The topological polar surface area (TPSA) is 63.6 Å². The van der Waals surface area contributed by atoms with Crippen LogP contribution in [0.1, 0.15) is 0 Å². The number of halogens is 1. The van der Waals surface area contributed by atoms with E-state index in [9.17, 15) is 0 Å². The second-order valence-corrected chi connectivity index (χ2v) is 4.75. The molecule has 0 fully saturated rings. The molecule has 1 aromatic carbocycles. The van der Waals surface area contributed by atoms with Crippen LogP contribution in [0.4, 0.5) is 5.82 Å². The molecular formula is C13H10BrN5. The smallest absolute Gasteiger partial charge is 0.161 e. The molecule has 5 nitrogen and oxygen atoms in total. The molecule has 3 rings (SSSR count). The Morgan fingerprint density at radius 3 is 2.63 bits per heavy atom. The SMILES string of the molecule is CNc1nc(-c2ccc3nccnc3c2)ncc1Br. The third-order valence-corrected chi connectivity index (χ3v) is 3.29. The van der Waals surface area contributed by atoms with Crippen LogP contribution in [0.2, 0.25) is 0 Å². The molecule has 0 saturated heterocycles. The van der Waals surface area contributed by atoms with Crippen molar-refractivity contribution in [3.05, 3.63) is 41.3 Å². The Morgan fingerprint density at radius 1 is 1.05 bits per heavy atom. The molecule has 0 bridgehead atoms. The molecule has 0 aliphatic rings. The maximum Gasteiger partial charge on any atom is 0.161 e. The summed E-state index contributed by atoms with van der Waals surface area (Å²) in [5, 5.41) is 3.02. The summed E-state index contributed by atoms with van der Waals surface area (Å²) in [5.41, 5.74) is 2.60. The van der Waals surface area contributed by atoms with Gasteiger partial charge in [-0.25, -0.2) is 9.97 Å². The first-order valence-electron chi connectivity index (χ1n) is 5.69. The van der Waals surface area contributed by atoms with Crippen molar-refractivity contribution < 1.29 is 0 Å². The van der Waals surface area contributed by atoms with E-state index < -0.39 is 0 Å². The summed E-state index contributed by atoms with van der Waals surface area (Å²) >= 11 is 3.39. The maximum atomic E-state index is 4.45. The van der Waals surface area contributed by atoms with Crippen molar-refractivity contribution in [1.82, 2.24) is 19.9 Å². The second kappa shape index (κ2) is 4.89. The van der Waals surface area contributed by atoms with Crippen molar-refractivity contribution in [3.8, 4) is 11.4 Å². The van der Waals surface area contributed by atoms with Crippen LogP contribution in [0.25, 0.3) is 22.4 Å². The Kier molecular flexibility index (Phi) is 3.08. The van der Waals surface area contributed by atoms with E-state index in [0.29, 0.717) is 5.82 Å². The molecule has 94 valence electrons. The van der Waals surface area contributed by atoms with Crippen molar-refractivity contribution in [2.24, 2.45) is 0 Å². The van der Waals surface area contributed by atoms with E-state index >= 15 is 0 Å². The fourth-order valence-electron chi connectivity index (χ4n) is 1.78. The van der Waals surface area contributed by atoms with Gasteiger partial charge in [0.15, 0.2) is 5.82 Å². The predicted molar refractivity (Wildman–Crippen MR) is 77.8 cm³/mol. The summed E-state index contributed by atoms with van der Waals surface area (Å²) in [6.07, 6.45) is 5.08. The lowest BCUT2D eigenvalue weighted by Crippen LogP contribution is -1.97. The van der Waals surface area contributed by atoms with Gasteiger partial charge in [-0.05, 0) is 34.1 Å². The lowest BCUT2D eigenvalue weighted by molar-refractivity contribution is 1.15. The molecule has 0 radical (unpaired) electrons. The van der Waals surface area contributed by atoms with E-state index in [-0.39, 0.29) is 0 Å². The van der Waals surface area contributed by atoms with E-state index in [1.807, 2.05) is 25.2 Å².